The lowest BCUT2D eigenvalue weighted by atomic mass is 9.75. The molecule has 236 valence electrons. The van der Waals surface area contributed by atoms with Crippen molar-refractivity contribution in [1.82, 2.24) is 15.5 Å². The number of likely N-dealkylation sites (tertiary alicyclic amines) is 1. The van der Waals surface area contributed by atoms with Crippen molar-refractivity contribution in [3.63, 3.8) is 0 Å². The number of rotatable bonds is 7. The lowest BCUT2D eigenvalue weighted by Crippen LogP contribution is -2.58. The van der Waals surface area contributed by atoms with Gasteiger partial charge in [-0.05, 0) is 55.7 Å². The summed E-state index contributed by atoms with van der Waals surface area (Å²) in [5, 5.41) is 9.40. The van der Waals surface area contributed by atoms with Gasteiger partial charge in [0.15, 0.2) is 0 Å². The first-order valence-electron chi connectivity index (χ1n) is 15.5. The van der Waals surface area contributed by atoms with Crippen LogP contribution in [0.2, 0.25) is 0 Å². The number of carbonyl (C=O) groups excluding carboxylic acids is 3. The third-order valence-corrected chi connectivity index (χ3v) is 9.14. The van der Waals surface area contributed by atoms with E-state index in [0.29, 0.717) is 75.6 Å². The van der Waals surface area contributed by atoms with E-state index in [-0.39, 0.29) is 36.2 Å². The molecule has 3 aliphatic heterocycles. The van der Waals surface area contributed by atoms with E-state index in [9.17, 15) is 14.4 Å². The molecule has 3 aliphatic rings. The molecule has 3 amide bonds. The normalized spacial score (nSPS) is 24.2. The molecular weight excluding hydrogens is 560 g/mol. The Kier molecular flexibility index (Phi) is 10.6. The Balaban J connectivity index is 1.31. The number of ether oxygens (including phenoxy) is 3. The molecule has 2 fully saturated rings. The van der Waals surface area contributed by atoms with Crippen LogP contribution in [-0.4, -0.2) is 81.8 Å². The predicted octanol–water partition coefficient (Wildman–Crippen LogP) is 3.32. The van der Waals surface area contributed by atoms with Gasteiger partial charge in [0.1, 0.15) is 17.5 Å². The molecule has 0 unspecified atom stereocenters. The zero-order valence-corrected chi connectivity index (χ0v) is 25.7. The van der Waals surface area contributed by atoms with Crippen LogP contribution in [-0.2, 0) is 25.5 Å². The Bertz CT molecular complexity index is 1330. The van der Waals surface area contributed by atoms with Crippen molar-refractivity contribution in [3.8, 4) is 11.5 Å². The average Bonchev–Trinajstić information content (AvgIpc) is 3.04. The van der Waals surface area contributed by atoms with Gasteiger partial charge in [-0.15, -0.1) is 0 Å². The largest absolute Gasteiger partial charge is 0.497 e. The van der Waals surface area contributed by atoms with Crippen molar-refractivity contribution in [2.75, 3.05) is 52.4 Å². The van der Waals surface area contributed by atoms with Crippen LogP contribution in [0.3, 0.4) is 0 Å². The van der Waals surface area contributed by atoms with Crippen LogP contribution in [0.5, 0.6) is 11.5 Å². The molecule has 2 aromatic carbocycles. The molecule has 3 atom stereocenters. The Morgan fingerprint density at radius 2 is 1.84 bits per heavy atom. The summed E-state index contributed by atoms with van der Waals surface area (Å²) in [6.45, 7) is 2.59. The smallest absolute Gasteiger partial charge is 0.243 e. The molecule has 10 heteroatoms. The van der Waals surface area contributed by atoms with Crippen LogP contribution in [0, 0.1) is 11.3 Å². The SMILES string of the molecule is COc1ccc(OC)c(NC(=O)CN2CC[C@@H]3NC(=O)[C@@H](Cc4ccccc4)NC(=O)C4(CC=CC[C@@H]3C2)CCOCC4)c1. The van der Waals surface area contributed by atoms with E-state index in [1.165, 1.54) is 0 Å². The second-order valence-electron chi connectivity index (χ2n) is 12.0. The third kappa shape index (κ3) is 7.78. The number of amides is 3. The molecule has 0 saturated carbocycles. The number of piperidine rings is 1. The van der Waals surface area contributed by atoms with E-state index >= 15 is 0 Å². The molecule has 0 bridgehead atoms. The number of allylic oxidation sites excluding steroid dienone is 2. The topological polar surface area (TPSA) is 118 Å². The number of hydrogen-bond acceptors (Lipinski definition) is 7. The number of nitrogens with zero attached hydrogens (tertiary/aromatic N) is 1. The first kappa shape index (κ1) is 31.5. The molecular formula is C34H44N4O6. The van der Waals surface area contributed by atoms with Gasteiger partial charge < -0.3 is 30.2 Å². The van der Waals surface area contributed by atoms with E-state index in [2.05, 4.69) is 33.0 Å². The zero-order chi connectivity index (χ0) is 30.9. The van der Waals surface area contributed by atoms with Gasteiger partial charge in [0.05, 0.1) is 31.9 Å². The highest BCUT2D eigenvalue weighted by molar-refractivity contribution is 5.94. The van der Waals surface area contributed by atoms with Crippen molar-refractivity contribution in [1.29, 1.82) is 0 Å². The minimum atomic E-state index is -0.685. The maximum absolute atomic E-state index is 13.8. The molecule has 0 radical (unpaired) electrons. The minimum Gasteiger partial charge on any atom is -0.497 e. The van der Waals surface area contributed by atoms with Gasteiger partial charge in [0.25, 0.3) is 0 Å². The summed E-state index contributed by atoms with van der Waals surface area (Å²) in [4.78, 5) is 42.8. The van der Waals surface area contributed by atoms with Crippen molar-refractivity contribution < 1.29 is 28.6 Å². The average molecular weight is 605 g/mol. The zero-order valence-electron chi connectivity index (χ0n) is 25.7. The Morgan fingerprint density at radius 1 is 1.05 bits per heavy atom. The highest BCUT2D eigenvalue weighted by atomic mass is 16.5. The van der Waals surface area contributed by atoms with Crippen LogP contribution in [0.4, 0.5) is 5.69 Å². The molecule has 44 heavy (non-hydrogen) atoms. The van der Waals surface area contributed by atoms with Crippen LogP contribution in [0.25, 0.3) is 0 Å². The Labute approximate surface area is 259 Å². The van der Waals surface area contributed by atoms with E-state index in [1.54, 1.807) is 32.4 Å². The maximum atomic E-state index is 13.8. The van der Waals surface area contributed by atoms with Gasteiger partial charge in [-0.2, -0.15) is 0 Å². The fourth-order valence-electron chi connectivity index (χ4n) is 6.50. The standard InChI is InChI=1S/C34H44N4O6/c1-42-26-11-12-30(43-2)28(21-26)35-31(39)23-38-17-13-27-25(22-38)10-6-7-14-34(15-18-44-19-16-34)33(41)37-29(32(40)36-27)20-24-8-4-3-5-9-24/h3-9,11-12,21,25,27,29H,10,13-20,22-23H2,1-2H3,(H,35,39)(H,36,40)(H,37,41)/t25-,27+,29-/m1/s1. The van der Waals surface area contributed by atoms with E-state index in [0.717, 1.165) is 12.0 Å². The van der Waals surface area contributed by atoms with Crippen LogP contribution in [0.15, 0.2) is 60.7 Å². The fraction of sp³-hybridized carbons (Fsp3) is 0.500. The highest BCUT2D eigenvalue weighted by Gasteiger charge is 2.41. The lowest BCUT2D eigenvalue weighted by molar-refractivity contribution is -0.140. The first-order valence-corrected chi connectivity index (χ1v) is 15.5. The van der Waals surface area contributed by atoms with Crippen LogP contribution >= 0.6 is 0 Å². The van der Waals surface area contributed by atoms with Gasteiger partial charge in [0.2, 0.25) is 17.7 Å². The van der Waals surface area contributed by atoms with Crippen LogP contribution < -0.4 is 25.4 Å². The summed E-state index contributed by atoms with van der Waals surface area (Å²) in [6, 6.07) is 14.3. The first-order chi connectivity index (χ1) is 21.4. The van der Waals surface area contributed by atoms with E-state index in [1.807, 2.05) is 30.3 Å². The predicted molar refractivity (Wildman–Crippen MR) is 168 cm³/mol. The number of anilines is 1. The summed E-state index contributed by atoms with van der Waals surface area (Å²) >= 11 is 0. The highest BCUT2D eigenvalue weighted by Crippen LogP contribution is 2.36. The summed E-state index contributed by atoms with van der Waals surface area (Å²) in [5.41, 5.74) is 0.952. The van der Waals surface area contributed by atoms with E-state index in [4.69, 9.17) is 14.2 Å². The summed E-state index contributed by atoms with van der Waals surface area (Å²) in [5.74, 6) is 0.912. The van der Waals surface area contributed by atoms with E-state index < -0.39 is 11.5 Å². The number of methoxy groups -OCH3 is 2. The third-order valence-electron chi connectivity index (χ3n) is 9.14. The molecule has 2 saturated heterocycles. The number of fused-ring (bicyclic) bond motifs is 1. The lowest BCUT2D eigenvalue weighted by Gasteiger charge is -2.40. The fourth-order valence-corrected chi connectivity index (χ4v) is 6.50. The molecule has 5 rings (SSSR count). The van der Waals surface area contributed by atoms with Crippen molar-refractivity contribution >= 4 is 23.4 Å². The summed E-state index contributed by atoms with van der Waals surface area (Å²) < 4.78 is 16.3. The van der Waals surface area contributed by atoms with Crippen molar-refractivity contribution in [2.24, 2.45) is 11.3 Å². The minimum absolute atomic E-state index is 0.0726. The molecule has 3 N–H and O–H groups in total. The molecule has 0 aromatic heterocycles. The molecule has 2 aromatic rings. The summed E-state index contributed by atoms with van der Waals surface area (Å²) in [6.07, 6.45) is 7.97. The Morgan fingerprint density at radius 3 is 2.59 bits per heavy atom. The van der Waals surface area contributed by atoms with Gasteiger partial charge >= 0.3 is 0 Å². The molecule has 10 nitrogen and oxygen atoms in total. The summed E-state index contributed by atoms with van der Waals surface area (Å²) in [7, 11) is 3.14. The second-order valence-corrected chi connectivity index (χ2v) is 12.0. The number of hydrogen-bond donors (Lipinski definition) is 3. The number of benzene rings is 2. The van der Waals surface area contributed by atoms with Gasteiger partial charge in [-0.3, -0.25) is 19.3 Å². The Hall–Kier alpha value is -3.89. The van der Waals surface area contributed by atoms with Gasteiger partial charge in [0, 0.05) is 44.8 Å². The van der Waals surface area contributed by atoms with Gasteiger partial charge in [-0.1, -0.05) is 42.5 Å². The monoisotopic (exact) mass is 604 g/mol. The van der Waals surface area contributed by atoms with Crippen LogP contribution in [0.1, 0.15) is 37.7 Å². The maximum Gasteiger partial charge on any atom is 0.243 e. The molecule has 1 spiro atoms. The van der Waals surface area contributed by atoms with Crippen molar-refractivity contribution in [3.05, 3.63) is 66.2 Å². The second kappa shape index (κ2) is 14.7. The number of carbonyl (C=O) groups is 3. The molecule has 0 aliphatic carbocycles. The van der Waals surface area contributed by atoms with Crippen molar-refractivity contribution in [2.45, 2.75) is 50.6 Å². The quantitative estimate of drug-likeness (QED) is 0.415. The van der Waals surface area contributed by atoms with Gasteiger partial charge in [-0.25, -0.2) is 0 Å². The number of nitrogens with one attached hydrogen (secondary N) is 3. The molecule has 3 heterocycles.